The molecule has 0 saturated carbocycles. The zero-order valence-electron chi connectivity index (χ0n) is 13.9. The molecule has 0 bridgehead atoms. The summed E-state index contributed by atoms with van der Waals surface area (Å²) in [6.07, 6.45) is -0.569. The molecule has 1 N–H and O–H groups in total. The van der Waals surface area contributed by atoms with Gasteiger partial charge in [0.1, 0.15) is 5.75 Å². The average Bonchev–Trinajstić information content (AvgIpc) is 2.51. The normalized spacial score (nSPS) is 11.9. The number of aryl methyl sites for hydroxylation is 3. The molecule has 122 valence electrons. The summed E-state index contributed by atoms with van der Waals surface area (Å²) in [4.78, 5) is 12.2. The number of rotatable bonds is 5. The molecule has 4 heteroatoms. The zero-order chi connectivity index (χ0) is 17.0. The first-order chi connectivity index (χ1) is 10.9. The number of carbonyl (C=O) groups is 1. The van der Waals surface area contributed by atoms with E-state index in [0.717, 1.165) is 21.7 Å². The number of amides is 1. The molecule has 0 fully saturated rings. The van der Waals surface area contributed by atoms with Gasteiger partial charge in [-0.3, -0.25) is 4.79 Å². The van der Waals surface area contributed by atoms with Crippen molar-refractivity contribution in [3.8, 4) is 5.75 Å². The van der Waals surface area contributed by atoms with Crippen molar-refractivity contribution in [3.05, 3.63) is 63.7 Å². The standard InChI is InChI=1S/C19H22ClNO2/c1-12-5-7-16(8-6-12)11-21-19(22)15(4)23-17-9-13(2)18(20)14(3)10-17/h5-10,15H,11H2,1-4H3,(H,21,22)/t15-/m1/s1. The van der Waals surface area contributed by atoms with Crippen LogP contribution in [0.2, 0.25) is 5.02 Å². The first kappa shape index (κ1) is 17.4. The molecule has 0 aromatic heterocycles. The quantitative estimate of drug-likeness (QED) is 0.884. The molecule has 2 aromatic rings. The molecule has 3 nitrogen and oxygen atoms in total. The summed E-state index contributed by atoms with van der Waals surface area (Å²) in [5, 5.41) is 3.62. The summed E-state index contributed by atoms with van der Waals surface area (Å²) in [5.74, 6) is 0.512. The highest BCUT2D eigenvalue weighted by Gasteiger charge is 2.15. The van der Waals surface area contributed by atoms with Gasteiger partial charge in [0, 0.05) is 11.6 Å². The van der Waals surface area contributed by atoms with Crippen LogP contribution in [0, 0.1) is 20.8 Å². The van der Waals surface area contributed by atoms with E-state index in [2.05, 4.69) is 5.32 Å². The highest BCUT2D eigenvalue weighted by molar-refractivity contribution is 6.32. The summed E-state index contributed by atoms with van der Waals surface area (Å²) in [6, 6.07) is 11.8. The van der Waals surface area contributed by atoms with Gasteiger partial charge < -0.3 is 10.1 Å². The minimum absolute atomic E-state index is 0.143. The van der Waals surface area contributed by atoms with E-state index in [1.807, 2.05) is 57.2 Å². The molecule has 2 rings (SSSR count). The highest BCUT2D eigenvalue weighted by atomic mass is 35.5. The molecule has 0 aliphatic heterocycles. The Bertz CT molecular complexity index is 672. The Morgan fingerprint density at radius 3 is 2.26 bits per heavy atom. The average molecular weight is 332 g/mol. The zero-order valence-corrected chi connectivity index (χ0v) is 14.7. The van der Waals surface area contributed by atoms with E-state index in [1.165, 1.54) is 5.56 Å². The third kappa shape index (κ3) is 4.73. The largest absolute Gasteiger partial charge is 0.481 e. The number of hydrogen-bond donors (Lipinski definition) is 1. The molecule has 0 heterocycles. The molecule has 0 unspecified atom stereocenters. The van der Waals surface area contributed by atoms with Crippen molar-refractivity contribution < 1.29 is 9.53 Å². The molecule has 0 aliphatic rings. The summed E-state index contributed by atoms with van der Waals surface area (Å²) >= 11 is 6.14. The fourth-order valence-electron chi connectivity index (χ4n) is 2.27. The molecule has 2 aromatic carbocycles. The Morgan fingerprint density at radius 1 is 1.13 bits per heavy atom. The van der Waals surface area contributed by atoms with Crippen molar-refractivity contribution >= 4 is 17.5 Å². The van der Waals surface area contributed by atoms with Gasteiger partial charge in [0.15, 0.2) is 6.10 Å². The number of hydrogen-bond acceptors (Lipinski definition) is 2. The van der Waals surface area contributed by atoms with E-state index in [0.29, 0.717) is 12.3 Å². The van der Waals surface area contributed by atoms with Gasteiger partial charge in [0.2, 0.25) is 0 Å². The van der Waals surface area contributed by atoms with Crippen LogP contribution in [0.25, 0.3) is 0 Å². The third-order valence-corrected chi connectivity index (χ3v) is 4.28. The smallest absolute Gasteiger partial charge is 0.261 e. The highest BCUT2D eigenvalue weighted by Crippen LogP contribution is 2.26. The van der Waals surface area contributed by atoms with Gasteiger partial charge in [-0.15, -0.1) is 0 Å². The Morgan fingerprint density at radius 2 is 1.70 bits per heavy atom. The lowest BCUT2D eigenvalue weighted by molar-refractivity contribution is -0.127. The van der Waals surface area contributed by atoms with Crippen LogP contribution in [0.4, 0.5) is 0 Å². The molecule has 23 heavy (non-hydrogen) atoms. The minimum Gasteiger partial charge on any atom is -0.481 e. The summed E-state index contributed by atoms with van der Waals surface area (Å²) in [7, 11) is 0. The minimum atomic E-state index is -0.569. The maximum Gasteiger partial charge on any atom is 0.261 e. The van der Waals surface area contributed by atoms with Crippen LogP contribution in [-0.4, -0.2) is 12.0 Å². The molecule has 0 radical (unpaired) electrons. The van der Waals surface area contributed by atoms with Gasteiger partial charge in [-0.25, -0.2) is 0 Å². The van der Waals surface area contributed by atoms with Crippen LogP contribution in [0.3, 0.4) is 0 Å². The van der Waals surface area contributed by atoms with Crippen molar-refractivity contribution in [2.75, 3.05) is 0 Å². The fourth-order valence-corrected chi connectivity index (χ4v) is 2.38. The van der Waals surface area contributed by atoms with Crippen LogP contribution in [0.5, 0.6) is 5.75 Å². The van der Waals surface area contributed by atoms with E-state index < -0.39 is 6.10 Å². The van der Waals surface area contributed by atoms with Crippen molar-refractivity contribution in [1.82, 2.24) is 5.32 Å². The van der Waals surface area contributed by atoms with Gasteiger partial charge in [0.05, 0.1) is 0 Å². The van der Waals surface area contributed by atoms with Gasteiger partial charge in [-0.05, 0) is 56.5 Å². The maximum atomic E-state index is 12.2. The summed E-state index contributed by atoms with van der Waals surface area (Å²) in [5.41, 5.74) is 4.14. The monoisotopic (exact) mass is 331 g/mol. The Labute approximate surface area is 142 Å². The first-order valence-electron chi connectivity index (χ1n) is 7.63. The van der Waals surface area contributed by atoms with E-state index in [-0.39, 0.29) is 5.91 Å². The molecule has 0 aliphatic carbocycles. The first-order valence-corrected chi connectivity index (χ1v) is 8.01. The third-order valence-electron chi connectivity index (χ3n) is 3.68. The lowest BCUT2D eigenvalue weighted by Crippen LogP contribution is -2.35. The number of halogens is 1. The maximum absolute atomic E-state index is 12.2. The molecule has 1 atom stereocenters. The van der Waals surface area contributed by atoms with Gasteiger partial charge in [0.25, 0.3) is 5.91 Å². The predicted octanol–water partition coefficient (Wildman–Crippen LogP) is 4.35. The predicted molar refractivity (Wildman–Crippen MR) is 94.0 cm³/mol. The number of benzene rings is 2. The molecule has 0 saturated heterocycles. The van der Waals surface area contributed by atoms with Crippen molar-refractivity contribution in [2.24, 2.45) is 0 Å². The topological polar surface area (TPSA) is 38.3 Å². The Balaban J connectivity index is 1.93. The van der Waals surface area contributed by atoms with Gasteiger partial charge >= 0.3 is 0 Å². The number of nitrogens with one attached hydrogen (secondary N) is 1. The Hall–Kier alpha value is -2.00. The van der Waals surface area contributed by atoms with E-state index in [9.17, 15) is 4.79 Å². The van der Waals surface area contributed by atoms with Crippen LogP contribution < -0.4 is 10.1 Å². The lowest BCUT2D eigenvalue weighted by atomic mass is 10.1. The second kappa shape index (κ2) is 7.51. The summed E-state index contributed by atoms with van der Waals surface area (Å²) < 4.78 is 5.73. The lowest BCUT2D eigenvalue weighted by Gasteiger charge is -2.16. The van der Waals surface area contributed by atoms with Crippen LogP contribution in [0.15, 0.2) is 36.4 Å². The van der Waals surface area contributed by atoms with Gasteiger partial charge in [-0.2, -0.15) is 0 Å². The van der Waals surface area contributed by atoms with Gasteiger partial charge in [-0.1, -0.05) is 41.4 Å². The molecule has 1 amide bonds. The molecule has 0 spiro atoms. The number of carbonyl (C=O) groups excluding carboxylic acids is 1. The van der Waals surface area contributed by atoms with E-state index >= 15 is 0 Å². The SMILES string of the molecule is Cc1ccc(CNC(=O)[C@@H](C)Oc2cc(C)c(Cl)c(C)c2)cc1. The van der Waals surface area contributed by atoms with E-state index in [1.54, 1.807) is 6.92 Å². The van der Waals surface area contributed by atoms with Crippen LogP contribution in [-0.2, 0) is 11.3 Å². The second-order valence-electron chi connectivity index (χ2n) is 5.83. The van der Waals surface area contributed by atoms with Crippen LogP contribution in [0.1, 0.15) is 29.2 Å². The Kier molecular flexibility index (Phi) is 5.67. The van der Waals surface area contributed by atoms with Crippen molar-refractivity contribution in [3.63, 3.8) is 0 Å². The molecular formula is C19H22ClNO2. The fraction of sp³-hybridized carbons (Fsp3) is 0.316. The summed E-state index contributed by atoms with van der Waals surface area (Å²) in [6.45, 7) is 8.11. The number of ether oxygens (including phenoxy) is 1. The van der Waals surface area contributed by atoms with Crippen molar-refractivity contribution in [1.29, 1.82) is 0 Å². The van der Waals surface area contributed by atoms with Crippen molar-refractivity contribution in [2.45, 2.75) is 40.3 Å². The van der Waals surface area contributed by atoms with E-state index in [4.69, 9.17) is 16.3 Å². The molecular weight excluding hydrogens is 310 g/mol. The van der Waals surface area contributed by atoms with Crippen LogP contribution >= 0.6 is 11.6 Å². The second-order valence-corrected chi connectivity index (χ2v) is 6.21.